The summed E-state index contributed by atoms with van der Waals surface area (Å²) in [6, 6.07) is 0.766. The fourth-order valence-corrected chi connectivity index (χ4v) is 2.01. The van der Waals surface area contributed by atoms with E-state index in [1.807, 2.05) is 0 Å². The van der Waals surface area contributed by atoms with Crippen LogP contribution >= 0.6 is 12.4 Å². The molecule has 0 aromatic carbocycles. The van der Waals surface area contributed by atoms with Crippen molar-refractivity contribution in [3.05, 3.63) is 0 Å². The summed E-state index contributed by atoms with van der Waals surface area (Å²) in [5.41, 5.74) is 0. The predicted octanol–water partition coefficient (Wildman–Crippen LogP) is 0.398. The predicted molar refractivity (Wildman–Crippen MR) is 42.3 cm³/mol. The van der Waals surface area contributed by atoms with Crippen LogP contribution in [-0.2, 0) is 0 Å². The van der Waals surface area contributed by atoms with E-state index in [0.29, 0.717) is 12.5 Å². The lowest BCUT2D eigenvalue weighted by molar-refractivity contribution is 0.227. The summed E-state index contributed by atoms with van der Waals surface area (Å²) in [7, 11) is 0. The summed E-state index contributed by atoms with van der Waals surface area (Å²) < 4.78 is 0. The first-order chi connectivity index (χ1) is 4.40. The molecular formula is C7H14ClNO. The van der Waals surface area contributed by atoms with Gasteiger partial charge in [-0.25, -0.2) is 0 Å². The molecule has 0 unspecified atom stereocenters. The van der Waals surface area contributed by atoms with Gasteiger partial charge in [-0.3, -0.25) is 0 Å². The molecule has 0 aromatic rings. The summed E-state index contributed by atoms with van der Waals surface area (Å²) in [5, 5.41) is 12.2. The van der Waals surface area contributed by atoms with Crippen LogP contribution in [0.2, 0.25) is 0 Å². The van der Waals surface area contributed by atoms with Crippen molar-refractivity contribution in [1.29, 1.82) is 0 Å². The molecule has 0 spiro atoms. The third-order valence-corrected chi connectivity index (χ3v) is 2.69. The summed E-state index contributed by atoms with van der Waals surface area (Å²) in [4.78, 5) is 0. The molecule has 0 radical (unpaired) electrons. The molecule has 1 saturated carbocycles. The number of rotatable bonds is 1. The molecular weight excluding hydrogens is 150 g/mol. The third-order valence-electron chi connectivity index (χ3n) is 2.69. The zero-order valence-corrected chi connectivity index (χ0v) is 6.73. The Morgan fingerprint density at radius 1 is 1.40 bits per heavy atom. The van der Waals surface area contributed by atoms with E-state index < -0.39 is 0 Å². The van der Waals surface area contributed by atoms with Crippen molar-refractivity contribution in [3.63, 3.8) is 0 Å². The number of aliphatic hydroxyl groups excluding tert-OH is 1. The monoisotopic (exact) mass is 163 g/mol. The molecule has 2 N–H and O–H groups in total. The molecule has 60 valence electrons. The van der Waals surface area contributed by atoms with Gasteiger partial charge in [-0.05, 0) is 31.2 Å². The van der Waals surface area contributed by atoms with E-state index in [1.165, 1.54) is 19.4 Å². The van der Waals surface area contributed by atoms with Gasteiger partial charge in [-0.2, -0.15) is 0 Å². The van der Waals surface area contributed by atoms with Gasteiger partial charge >= 0.3 is 0 Å². The van der Waals surface area contributed by atoms with E-state index in [-0.39, 0.29) is 12.4 Å². The van der Waals surface area contributed by atoms with E-state index in [4.69, 9.17) is 5.11 Å². The maximum absolute atomic E-state index is 8.80. The minimum atomic E-state index is 0. The van der Waals surface area contributed by atoms with E-state index in [2.05, 4.69) is 5.32 Å². The molecule has 2 nitrogen and oxygen atoms in total. The lowest BCUT2D eigenvalue weighted by Gasteiger charge is -2.31. The average molecular weight is 164 g/mol. The first kappa shape index (κ1) is 8.31. The second-order valence-corrected chi connectivity index (χ2v) is 3.29. The van der Waals surface area contributed by atoms with E-state index in [1.54, 1.807) is 0 Å². The normalized spacial score (nSPS) is 43.5. The van der Waals surface area contributed by atoms with Gasteiger partial charge in [0.15, 0.2) is 0 Å². The standard InChI is InChI=1S/C7H13NO.ClH/c9-4-5-1-6-3-8-7(6)2-5;/h5-9H,1-4H2;1H/t5-,6+,7+;/m1./s1. The highest BCUT2D eigenvalue weighted by Gasteiger charge is 2.39. The summed E-state index contributed by atoms with van der Waals surface area (Å²) >= 11 is 0. The number of fused-ring (bicyclic) bond motifs is 1. The maximum Gasteiger partial charge on any atom is 0.0459 e. The van der Waals surface area contributed by atoms with Crippen molar-refractivity contribution >= 4 is 12.4 Å². The van der Waals surface area contributed by atoms with Crippen LogP contribution in [0.15, 0.2) is 0 Å². The van der Waals surface area contributed by atoms with Gasteiger partial charge < -0.3 is 10.4 Å². The lowest BCUT2D eigenvalue weighted by atomic mass is 9.96. The van der Waals surface area contributed by atoms with Crippen LogP contribution in [0.4, 0.5) is 0 Å². The molecule has 10 heavy (non-hydrogen) atoms. The quantitative estimate of drug-likeness (QED) is 0.587. The number of hydrogen-bond acceptors (Lipinski definition) is 2. The Hall–Kier alpha value is 0.210. The smallest absolute Gasteiger partial charge is 0.0459 e. The number of nitrogens with one attached hydrogen (secondary N) is 1. The molecule has 1 heterocycles. The van der Waals surface area contributed by atoms with Crippen molar-refractivity contribution in [3.8, 4) is 0 Å². The molecule has 2 aliphatic rings. The highest BCUT2D eigenvalue weighted by molar-refractivity contribution is 5.85. The van der Waals surface area contributed by atoms with Crippen LogP contribution in [0.1, 0.15) is 12.8 Å². The van der Waals surface area contributed by atoms with Crippen molar-refractivity contribution in [1.82, 2.24) is 5.32 Å². The Morgan fingerprint density at radius 2 is 2.20 bits per heavy atom. The summed E-state index contributed by atoms with van der Waals surface area (Å²) in [5.74, 6) is 1.51. The Balaban J connectivity index is 0.000000500. The van der Waals surface area contributed by atoms with Gasteiger partial charge in [0.05, 0.1) is 0 Å². The minimum Gasteiger partial charge on any atom is -0.396 e. The SMILES string of the molecule is Cl.OC[C@@H]1C[C@H]2CN[C@H]2C1. The van der Waals surface area contributed by atoms with Crippen molar-refractivity contribution in [2.45, 2.75) is 18.9 Å². The largest absolute Gasteiger partial charge is 0.396 e. The van der Waals surface area contributed by atoms with Crippen molar-refractivity contribution in [2.75, 3.05) is 13.2 Å². The van der Waals surface area contributed by atoms with Gasteiger partial charge in [0.25, 0.3) is 0 Å². The molecule has 2 fully saturated rings. The van der Waals surface area contributed by atoms with Gasteiger partial charge in [0.2, 0.25) is 0 Å². The fraction of sp³-hybridized carbons (Fsp3) is 1.00. The molecule has 1 aliphatic heterocycles. The zero-order valence-electron chi connectivity index (χ0n) is 5.92. The van der Waals surface area contributed by atoms with Crippen LogP contribution in [0, 0.1) is 11.8 Å². The van der Waals surface area contributed by atoms with Crippen LogP contribution in [0.25, 0.3) is 0 Å². The second kappa shape index (κ2) is 3.07. The number of hydrogen-bond donors (Lipinski definition) is 2. The van der Waals surface area contributed by atoms with Crippen LogP contribution in [0.5, 0.6) is 0 Å². The number of aliphatic hydroxyl groups is 1. The highest BCUT2D eigenvalue weighted by Crippen LogP contribution is 2.35. The van der Waals surface area contributed by atoms with Crippen molar-refractivity contribution < 1.29 is 5.11 Å². The second-order valence-electron chi connectivity index (χ2n) is 3.29. The number of halogens is 1. The molecule has 0 amide bonds. The molecule has 3 atom stereocenters. The molecule has 3 heteroatoms. The summed E-state index contributed by atoms with van der Waals surface area (Å²) in [6.45, 7) is 1.59. The van der Waals surface area contributed by atoms with Crippen LogP contribution < -0.4 is 5.32 Å². The minimum absolute atomic E-state index is 0. The van der Waals surface area contributed by atoms with Crippen LogP contribution in [0.3, 0.4) is 0 Å². The Bertz CT molecular complexity index is 108. The zero-order chi connectivity index (χ0) is 6.27. The Morgan fingerprint density at radius 3 is 2.50 bits per heavy atom. The molecule has 1 aliphatic carbocycles. The van der Waals surface area contributed by atoms with E-state index in [0.717, 1.165) is 12.0 Å². The van der Waals surface area contributed by atoms with E-state index in [9.17, 15) is 0 Å². The molecule has 0 bridgehead atoms. The molecule has 2 rings (SSSR count). The first-order valence-corrected chi connectivity index (χ1v) is 3.74. The highest BCUT2D eigenvalue weighted by atomic mass is 35.5. The maximum atomic E-state index is 8.80. The van der Waals surface area contributed by atoms with Crippen LogP contribution in [-0.4, -0.2) is 24.3 Å². The lowest BCUT2D eigenvalue weighted by Crippen LogP contribution is -2.49. The average Bonchev–Trinajstić information content (AvgIpc) is 2.10. The van der Waals surface area contributed by atoms with E-state index >= 15 is 0 Å². The molecule has 0 aromatic heterocycles. The Labute approximate surface area is 67.4 Å². The topological polar surface area (TPSA) is 32.3 Å². The Kier molecular flexibility index (Phi) is 2.55. The van der Waals surface area contributed by atoms with Gasteiger partial charge in [0, 0.05) is 12.6 Å². The fourth-order valence-electron chi connectivity index (χ4n) is 2.01. The summed E-state index contributed by atoms with van der Waals surface area (Å²) in [6.07, 6.45) is 2.47. The molecule has 1 saturated heterocycles. The van der Waals surface area contributed by atoms with Gasteiger partial charge in [-0.15, -0.1) is 12.4 Å². The van der Waals surface area contributed by atoms with Gasteiger partial charge in [-0.1, -0.05) is 0 Å². The first-order valence-electron chi connectivity index (χ1n) is 3.74. The van der Waals surface area contributed by atoms with Gasteiger partial charge in [0.1, 0.15) is 0 Å². The van der Waals surface area contributed by atoms with Crippen molar-refractivity contribution in [2.24, 2.45) is 11.8 Å². The third kappa shape index (κ3) is 1.16.